The van der Waals surface area contributed by atoms with Crippen molar-refractivity contribution in [3.8, 4) is 0 Å². The number of benzene rings is 3. The third-order valence-corrected chi connectivity index (χ3v) is 3.47. The van der Waals surface area contributed by atoms with Crippen molar-refractivity contribution in [3.63, 3.8) is 0 Å². The minimum atomic E-state index is -0.331. The van der Waals surface area contributed by atoms with Crippen molar-refractivity contribution in [2.75, 3.05) is 0 Å². The van der Waals surface area contributed by atoms with Gasteiger partial charge >= 0.3 is 0 Å². The van der Waals surface area contributed by atoms with E-state index in [1.807, 2.05) is 30.3 Å². The predicted molar refractivity (Wildman–Crippen MR) is 96.9 cm³/mol. The molecule has 5 heteroatoms. The van der Waals surface area contributed by atoms with E-state index in [-0.39, 0.29) is 24.0 Å². The molecule has 0 fully saturated rings. The van der Waals surface area contributed by atoms with Gasteiger partial charge in [-0.25, -0.2) is 8.78 Å². The molecule has 3 aromatic rings. The van der Waals surface area contributed by atoms with Crippen molar-refractivity contribution in [1.29, 1.82) is 0 Å². The molecule has 0 unspecified atom stereocenters. The molecule has 0 amide bonds. The Hall–Kier alpha value is -2.72. The lowest BCUT2D eigenvalue weighted by Gasteiger charge is -2.08. The Morgan fingerprint density at radius 3 is 1.68 bits per heavy atom. The van der Waals surface area contributed by atoms with Gasteiger partial charge in [0.05, 0.1) is 0 Å². The fraction of sp³-hybridized carbons (Fsp3) is 0.0500. The van der Waals surface area contributed by atoms with Crippen molar-refractivity contribution >= 4 is 18.1 Å². The maximum absolute atomic E-state index is 13.2. The number of nitrogens with zero attached hydrogens (tertiary/aromatic N) is 1. The highest BCUT2D eigenvalue weighted by atomic mass is 35.5. The van der Waals surface area contributed by atoms with Crippen molar-refractivity contribution in [2.45, 2.75) is 6.61 Å². The summed E-state index contributed by atoms with van der Waals surface area (Å²) in [5, 5.41) is 4.19. The van der Waals surface area contributed by atoms with Crippen LogP contribution >= 0.6 is 12.4 Å². The van der Waals surface area contributed by atoms with Crippen LogP contribution in [0.15, 0.2) is 84.0 Å². The quantitative estimate of drug-likeness (QED) is 0.444. The summed E-state index contributed by atoms with van der Waals surface area (Å²) in [4.78, 5) is 5.45. The Bertz CT molecular complexity index is 771. The predicted octanol–water partition coefficient (Wildman–Crippen LogP) is 5.36. The summed E-state index contributed by atoms with van der Waals surface area (Å²) >= 11 is 0. The van der Waals surface area contributed by atoms with Gasteiger partial charge in [0.1, 0.15) is 24.0 Å². The molecule has 3 rings (SSSR count). The first-order valence-corrected chi connectivity index (χ1v) is 7.48. The zero-order valence-electron chi connectivity index (χ0n) is 13.2. The molecular formula is C20H16ClF2NO. The van der Waals surface area contributed by atoms with Gasteiger partial charge in [0.25, 0.3) is 0 Å². The van der Waals surface area contributed by atoms with Gasteiger partial charge in [-0.05, 0) is 54.1 Å². The number of oxime groups is 1. The molecule has 0 saturated heterocycles. The van der Waals surface area contributed by atoms with Gasteiger partial charge in [-0.3, -0.25) is 0 Å². The van der Waals surface area contributed by atoms with Crippen LogP contribution in [0.2, 0.25) is 0 Å². The van der Waals surface area contributed by atoms with Crippen LogP contribution in [0.4, 0.5) is 8.78 Å². The maximum atomic E-state index is 13.2. The molecule has 0 bridgehead atoms. The summed E-state index contributed by atoms with van der Waals surface area (Å²) in [6.45, 7) is 0.312. The Balaban J connectivity index is 0.00000225. The third-order valence-electron chi connectivity index (χ3n) is 3.47. The molecule has 0 saturated carbocycles. The summed E-state index contributed by atoms with van der Waals surface area (Å²) < 4.78 is 26.3. The topological polar surface area (TPSA) is 21.6 Å². The van der Waals surface area contributed by atoms with Crippen LogP contribution in [-0.2, 0) is 11.4 Å². The largest absolute Gasteiger partial charge is 0.390 e. The normalized spacial score (nSPS) is 9.84. The van der Waals surface area contributed by atoms with E-state index in [1.165, 1.54) is 24.3 Å². The van der Waals surface area contributed by atoms with E-state index in [9.17, 15) is 8.78 Å². The molecule has 2 nitrogen and oxygen atoms in total. The molecule has 0 radical (unpaired) electrons. The Morgan fingerprint density at radius 1 is 0.720 bits per heavy atom. The van der Waals surface area contributed by atoms with Gasteiger partial charge in [0.15, 0.2) is 0 Å². The van der Waals surface area contributed by atoms with Crippen molar-refractivity contribution in [1.82, 2.24) is 0 Å². The first-order valence-electron chi connectivity index (χ1n) is 7.48. The smallest absolute Gasteiger partial charge is 0.142 e. The van der Waals surface area contributed by atoms with Crippen molar-refractivity contribution in [3.05, 3.63) is 107 Å². The first-order chi connectivity index (χ1) is 11.7. The minimum absolute atomic E-state index is 0. The SMILES string of the molecule is Cl.Fc1ccc(C(=NOCc2ccccc2)c2ccc(F)cc2)cc1. The molecule has 0 spiro atoms. The van der Waals surface area contributed by atoms with E-state index in [0.29, 0.717) is 23.4 Å². The molecule has 0 aliphatic heterocycles. The second-order valence-corrected chi connectivity index (χ2v) is 5.21. The maximum Gasteiger partial charge on any atom is 0.142 e. The average molecular weight is 360 g/mol. The highest BCUT2D eigenvalue weighted by Crippen LogP contribution is 2.14. The van der Waals surface area contributed by atoms with Crippen LogP contribution in [-0.4, -0.2) is 5.71 Å². The van der Waals surface area contributed by atoms with E-state index < -0.39 is 0 Å². The molecule has 128 valence electrons. The molecule has 0 aromatic heterocycles. The second kappa shape index (κ2) is 8.94. The second-order valence-electron chi connectivity index (χ2n) is 5.21. The Kier molecular flexibility index (Phi) is 6.66. The number of rotatable bonds is 5. The fourth-order valence-corrected chi connectivity index (χ4v) is 2.23. The van der Waals surface area contributed by atoms with Crippen LogP contribution in [0.5, 0.6) is 0 Å². The highest BCUT2D eigenvalue weighted by molar-refractivity contribution is 6.12. The van der Waals surface area contributed by atoms with Crippen LogP contribution in [0.1, 0.15) is 16.7 Å². The molecule has 0 aliphatic rings. The molecule has 25 heavy (non-hydrogen) atoms. The summed E-state index contributed by atoms with van der Waals surface area (Å²) in [6.07, 6.45) is 0. The average Bonchev–Trinajstić information content (AvgIpc) is 2.62. The lowest BCUT2D eigenvalue weighted by atomic mass is 10.0. The highest BCUT2D eigenvalue weighted by Gasteiger charge is 2.09. The summed E-state index contributed by atoms with van der Waals surface area (Å²) in [5.41, 5.74) is 2.89. The van der Waals surface area contributed by atoms with E-state index >= 15 is 0 Å². The van der Waals surface area contributed by atoms with Gasteiger partial charge in [0.2, 0.25) is 0 Å². The lowest BCUT2D eigenvalue weighted by molar-refractivity contribution is 0.131. The zero-order valence-corrected chi connectivity index (χ0v) is 14.0. The Labute approximate surface area is 151 Å². The fourth-order valence-electron chi connectivity index (χ4n) is 2.23. The van der Waals surface area contributed by atoms with Crippen LogP contribution in [0, 0.1) is 11.6 Å². The van der Waals surface area contributed by atoms with Crippen LogP contribution in [0.3, 0.4) is 0 Å². The monoisotopic (exact) mass is 359 g/mol. The lowest BCUT2D eigenvalue weighted by Crippen LogP contribution is -2.05. The number of halogens is 3. The molecule has 0 N–H and O–H groups in total. The van der Waals surface area contributed by atoms with Gasteiger partial charge in [0, 0.05) is 11.1 Å². The van der Waals surface area contributed by atoms with Crippen LogP contribution in [0.25, 0.3) is 0 Å². The minimum Gasteiger partial charge on any atom is -0.390 e. The summed E-state index contributed by atoms with van der Waals surface area (Å²) in [7, 11) is 0. The Morgan fingerprint density at radius 2 is 1.20 bits per heavy atom. The molecule has 3 aromatic carbocycles. The molecular weight excluding hydrogens is 344 g/mol. The zero-order chi connectivity index (χ0) is 16.8. The third kappa shape index (κ3) is 5.13. The number of hydrogen-bond donors (Lipinski definition) is 0. The van der Waals surface area contributed by atoms with E-state index in [0.717, 1.165) is 5.56 Å². The first kappa shape index (κ1) is 18.6. The van der Waals surface area contributed by atoms with E-state index in [4.69, 9.17) is 4.84 Å². The summed E-state index contributed by atoms with van der Waals surface area (Å²) in [5.74, 6) is -0.662. The van der Waals surface area contributed by atoms with E-state index in [2.05, 4.69) is 5.16 Å². The van der Waals surface area contributed by atoms with Crippen LogP contribution < -0.4 is 0 Å². The summed E-state index contributed by atoms with van der Waals surface area (Å²) in [6, 6.07) is 21.5. The molecule has 0 atom stereocenters. The molecule has 0 heterocycles. The molecule has 0 aliphatic carbocycles. The van der Waals surface area contributed by atoms with Gasteiger partial charge in [-0.1, -0.05) is 35.5 Å². The van der Waals surface area contributed by atoms with Crippen molar-refractivity contribution in [2.24, 2.45) is 5.16 Å². The standard InChI is InChI=1S/C20H15F2NO.ClH/c21-18-10-6-16(7-11-18)20(17-8-12-19(22)13-9-17)23-24-14-15-4-2-1-3-5-15;/h1-13H,14H2;1H. The van der Waals surface area contributed by atoms with E-state index in [1.54, 1.807) is 24.3 Å². The van der Waals surface area contributed by atoms with Gasteiger partial charge < -0.3 is 4.84 Å². The van der Waals surface area contributed by atoms with Gasteiger partial charge in [-0.2, -0.15) is 0 Å². The van der Waals surface area contributed by atoms with Gasteiger partial charge in [-0.15, -0.1) is 12.4 Å². The number of hydrogen-bond acceptors (Lipinski definition) is 2. The van der Waals surface area contributed by atoms with Crippen molar-refractivity contribution < 1.29 is 13.6 Å².